The molecule has 0 unspecified atom stereocenters. The molecule has 1 aliphatic rings. The van der Waals surface area contributed by atoms with E-state index in [-0.39, 0.29) is 18.2 Å². The van der Waals surface area contributed by atoms with Gasteiger partial charge in [-0.2, -0.15) is 0 Å². The minimum absolute atomic E-state index is 0.0334. The fraction of sp³-hybridized carbons (Fsp3) is 0.423. The van der Waals surface area contributed by atoms with E-state index in [2.05, 4.69) is 39.5 Å². The zero-order valence-corrected chi connectivity index (χ0v) is 19.7. The molecule has 1 aliphatic heterocycles. The van der Waals surface area contributed by atoms with Gasteiger partial charge in [-0.3, -0.25) is 9.59 Å². The molecule has 180 valence electrons. The van der Waals surface area contributed by atoms with E-state index < -0.39 is 5.97 Å². The molecule has 0 bridgehead atoms. The van der Waals surface area contributed by atoms with Gasteiger partial charge in [-0.25, -0.2) is 4.79 Å². The van der Waals surface area contributed by atoms with Crippen molar-refractivity contribution < 1.29 is 19.1 Å². The van der Waals surface area contributed by atoms with Crippen LogP contribution in [0.15, 0.2) is 75.2 Å². The first kappa shape index (κ1) is 27.7. The fourth-order valence-corrected chi connectivity index (χ4v) is 3.46. The number of hydrogen-bond acceptors (Lipinski definition) is 7. The molecule has 0 aromatic rings. The second kappa shape index (κ2) is 14.7. The molecule has 0 aromatic carbocycles. The van der Waals surface area contributed by atoms with Gasteiger partial charge in [-0.15, -0.1) is 0 Å². The Balaban J connectivity index is 2.82. The van der Waals surface area contributed by atoms with E-state index in [4.69, 9.17) is 4.74 Å². The van der Waals surface area contributed by atoms with E-state index in [1.165, 1.54) is 12.2 Å². The molecule has 0 amide bonds. The Kier molecular flexibility index (Phi) is 12.3. The molecular weight excluding hydrogens is 418 g/mol. The first-order valence-corrected chi connectivity index (χ1v) is 11.3. The Morgan fingerprint density at radius 2 is 1.03 bits per heavy atom. The number of hydrogen-bond donors (Lipinski definition) is 0. The minimum atomic E-state index is -0.453. The van der Waals surface area contributed by atoms with Gasteiger partial charge < -0.3 is 19.4 Å². The third-order valence-electron chi connectivity index (χ3n) is 5.37. The molecule has 0 saturated carbocycles. The molecule has 0 spiro atoms. The van der Waals surface area contributed by atoms with Crippen molar-refractivity contribution in [3.63, 3.8) is 0 Å². The van der Waals surface area contributed by atoms with Crippen LogP contribution in [0.1, 0.15) is 44.9 Å². The van der Waals surface area contributed by atoms with E-state index in [0.29, 0.717) is 38.9 Å². The van der Waals surface area contributed by atoms with Crippen LogP contribution in [0.25, 0.3) is 0 Å². The Hall–Kier alpha value is -3.35. The average Bonchev–Trinajstić information content (AvgIpc) is 2.81. The van der Waals surface area contributed by atoms with Crippen LogP contribution in [0.4, 0.5) is 0 Å². The summed E-state index contributed by atoms with van der Waals surface area (Å²) in [5.41, 5.74) is 0. The molecule has 0 N–H and O–H groups in total. The number of ether oxygens (including phenoxy) is 1. The summed E-state index contributed by atoms with van der Waals surface area (Å²) in [4.78, 5) is 40.3. The highest BCUT2D eigenvalue weighted by atomic mass is 16.5. The normalized spacial score (nSPS) is 13.7. The highest BCUT2D eigenvalue weighted by molar-refractivity contribution is 5.89. The zero-order valence-electron chi connectivity index (χ0n) is 19.7. The largest absolute Gasteiger partial charge is 0.462 e. The van der Waals surface area contributed by atoms with E-state index in [0.717, 1.165) is 49.2 Å². The van der Waals surface area contributed by atoms with Gasteiger partial charge in [-0.1, -0.05) is 39.5 Å². The number of carbonyl (C=O) groups is 3. The van der Waals surface area contributed by atoms with Gasteiger partial charge in [0.25, 0.3) is 0 Å². The number of nitrogens with zero attached hydrogens (tertiary/aromatic N) is 3. The zero-order chi connectivity index (χ0) is 24.8. The monoisotopic (exact) mass is 455 g/mol. The summed E-state index contributed by atoms with van der Waals surface area (Å²) in [7, 11) is 0. The summed E-state index contributed by atoms with van der Waals surface area (Å²) in [6.07, 6.45) is 8.41. The van der Waals surface area contributed by atoms with Gasteiger partial charge in [0.15, 0.2) is 11.6 Å². The van der Waals surface area contributed by atoms with E-state index in [1.807, 2.05) is 14.7 Å². The van der Waals surface area contributed by atoms with Gasteiger partial charge in [0, 0.05) is 38.6 Å². The number of esters is 1. The molecule has 1 heterocycles. The van der Waals surface area contributed by atoms with Gasteiger partial charge in [-0.05, 0) is 44.3 Å². The lowest BCUT2D eigenvalue weighted by atomic mass is 10.1. The molecule has 7 nitrogen and oxygen atoms in total. The van der Waals surface area contributed by atoms with Gasteiger partial charge in [0.05, 0.1) is 6.61 Å². The van der Waals surface area contributed by atoms with Crippen LogP contribution in [0.3, 0.4) is 0 Å². The maximum atomic E-state index is 11.5. The van der Waals surface area contributed by atoms with Crippen molar-refractivity contribution in [1.29, 1.82) is 0 Å². The molecule has 7 heteroatoms. The smallest absolute Gasteiger partial charge is 0.330 e. The lowest BCUT2D eigenvalue weighted by Gasteiger charge is -2.49. The number of unbranched alkanes of at least 4 members (excludes halogenated alkanes) is 2. The topological polar surface area (TPSA) is 70.2 Å². The molecule has 1 fully saturated rings. The molecule has 0 radical (unpaired) electrons. The van der Waals surface area contributed by atoms with E-state index in [1.54, 1.807) is 0 Å². The number of allylic oxidation sites excluding steroid dienone is 2. The highest BCUT2D eigenvalue weighted by Crippen LogP contribution is 2.32. The van der Waals surface area contributed by atoms with E-state index >= 15 is 0 Å². The fourth-order valence-electron chi connectivity index (χ4n) is 3.46. The Labute approximate surface area is 198 Å². The predicted octanol–water partition coefficient (Wildman–Crippen LogP) is 4.29. The Bertz CT molecular complexity index is 677. The summed E-state index contributed by atoms with van der Waals surface area (Å²) in [5, 5.41) is 0. The predicted molar refractivity (Wildman–Crippen MR) is 131 cm³/mol. The summed E-state index contributed by atoms with van der Waals surface area (Å²) < 4.78 is 5.08. The molecule has 33 heavy (non-hydrogen) atoms. The van der Waals surface area contributed by atoms with Crippen molar-refractivity contribution >= 4 is 17.5 Å². The van der Waals surface area contributed by atoms with Crippen LogP contribution >= 0.6 is 0 Å². The van der Waals surface area contributed by atoms with Gasteiger partial charge in [0.2, 0.25) is 0 Å². The van der Waals surface area contributed by atoms with Crippen LogP contribution in [0.2, 0.25) is 0 Å². The second-order valence-corrected chi connectivity index (χ2v) is 7.68. The van der Waals surface area contributed by atoms with Crippen LogP contribution < -0.4 is 0 Å². The van der Waals surface area contributed by atoms with Crippen molar-refractivity contribution in [2.75, 3.05) is 26.2 Å². The molecule has 0 atom stereocenters. The van der Waals surface area contributed by atoms with Crippen molar-refractivity contribution in [3.05, 3.63) is 75.2 Å². The first-order chi connectivity index (χ1) is 15.8. The second-order valence-electron chi connectivity index (χ2n) is 7.68. The average molecular weight is 456 g/mol. The molecule has 0 aromatic heterocycles. The van der Waals surface area contributed by atoms with Crippen molar-refractivity contribution in [2.45, 2.75) is 44.9 Å². The first-order valence-electron chi connectivity index (χ1n) is 11.3. The molecule has 1 rings (SSSR count). The lowest BCUT2D eigenvalue weighted by Crippen LogP contribution is -2.49. The Morgan fingerprint density at radius 3 is 1.39 bits per heavy atom. The molecule has 0 aliphatic carbocycles. The Morgan fingerprint density at radius 1 is 0.636 bits per heavy atom. The van der Waals surface area contributed by atoms with Gasteiger partial charge >= 0.3 is 5.97 Å². The molecule has 1 saturated heterocycles. The maximum absolute atomic E-state index is 11.5. The maximum Gasteiger partial charge on any atom is 0.330 e. The van der Waals surface area contributed by atoms with Gasteiger partial charge in [0.1, 0.15) is 17.5 Å². The van der Waals surface area contributed by atoms with Crippen LogP contribution in [-0.4, -0.2) is 58.5 Å². The summed E-state index contributed by atoms with van der Waals surface area (Å²) in [6.45, 7) is 25.3. The summed E-state index contributed by atoms with van der Waals surface area (Å²) >= 11 is 0. The quantitative estimate of drug-likeness (QED) is 0.184. The minimum Gasteiger partial charge on any atom is -0.462 e. The standard InChI is InChI=1S/C26H37N3O4/c1-7-24(30)15-10-12-17-27-21(4)28(18-13-11-16-25(31)8-2)23(6)29(22(27)5)19-14-20-33-26(32)9-3/h7-9H,1-6,10-20H2. The SMILES string of the molecule is C=CC(=O)CCCCN1C(=C)N(CCCCC(=O)C=C)C(=C)N(CCCOC(=O)C=C)C1=C. The third-order valence-corrected chi connectivity index (χ3v) is 5.37. The van der Waals surface area contributed by atoms with Crippen molar-refractivity contribution in [1.82, 2.24) is 14.7 Å². The lowest BCUT2D eigenvalue weighted by molar-refractivity contribution is -0.137. The molecular formula is C26H37N3O4. The summed E-state index contributed by atoms with van der Waals surface area (Å²) in [5.74, 6) is 1.87. The summed E-state index contributed by atoms with van der Waals surface area (Å²) in [6, 6.07) is 0. The van der Waals surface area contributed by atoms with Crippen LogP contribution in [0, 0.1) is 0 Å². The van der Waals surface area contributed by atoms with E-state index in [9.17, 15) is 14.4 Å². The number of rotatable bonds is 17. The van der Waals surface area contributed by atoms with Crippen LogP contribution in [-0.2, 0) is 19.1 Å². The number of ketones is 2. The van der Waals surface area contributed by atoms with Crippen molar-refractivity contribution in [2.24, 2.45) is 0 Å². The highest BCUT2D eigenvalue weighted by Gasteiger charge is 2.31. The van der Waals surface area contributed by atoms with Crippen molar-refractivity contribution in [3.8, 4) is 0 Å². The number of carbonyl (C=O) groups excluding carboxylic acids is 3. The third kappa shape index (κ3) is 8.96. The van der Waals surface area contributed by atoms with Crippen LogP contribution in [0.5, 0.6) is 0 Å².